The van der Waals surface area contributed by atoms with E-state index in [2.05, 4.69) is 60.8 Å². The zero-order valence-electron chi connectivity index (χ0n) is 10.9. The Hall–Kier alpha value is -2.09. The fourth-order valence-electron chi connectivity index (χ4n) is 2.70. The van der Waals surface area contributed by atoms with Crippen LogP contribution in [0.4, 0.5) is 0 Å². The maximum absolute atomic E-state index is 4.49. The highest BCUT2D eigenvalue weighted by Crippen LogP contribution is 2.25. The summed E-state index contributed by atoms with van der Waals surface area (Å²) in [5.41, 5.74) is 6.14. The molecule has 2 heterocycles. The Labute approximate surface area is 107 Å². The normalized spacial score (nSPS) is 11.1. The van der Waals surface area contributed by atoms with Crippen molar-refractivity contribution in [1.29, 1.82) is 0 Å². The lowest BCUT2D eigenvalue weighted by atomic mass is 10.1. The van der Waals surface area contributed by atoms with Crippen molar-refractivity contribution in [2.24, 2.45) is 0 Å². The van der Waals surface area contributed by atoms with Gasteiger partial charge in [0.15, 0.2) is 0 Å². The molecule has 90 valence electrons. The highest BCUT2D eigenvalue weighted by Gasteiger charge is 2.09. The molecule has 0 aliphatic rings. The smallest absolute Gasteiger partial charge is 0.144 e. The van der Waals surface area contributed by atoms with Gasteiger partial charge in [-0.1, -0.05) is 17.7 Å². The third-order valence-electron chi connectivity index (χ3n) is 3.32. The third kappa shape index (κ3) is 1.61. The molecular weight excluding hydrogens is 220 g/mol. The fraction of sp³-hybridized carbons (Fsp3) is 0.188. The SMILES string of the molecule is Cc1cc(C)c(-n2ccc3cccnc32)c(C)c1. The summed E-state index contributed by atoms with van der Waals surface area (Å²) in [6.45, 7) is 6.45. The molecule has 0 fully saturated rings. The van der Waals surface area contributed by atoms with Crippen molar-refractivity contribution in [1.82, 2.24) is 9.55 Å². The molecule has 2 aromatic heterocycles. The van der Waals surface area contributed by atoms with Crippen molar-refractivity contribution in [3.8, 4) is 5.69 Å². The minimum Gasteiger partial charge on any atom is -0.301 e. The lowest BCUT2D eigenvalue weighted by Crippen LogP contribution is -2.00. The van der Waals surface area contributed by atoms with Crippen LogP contribution in [0.2, 0.25) is 0 Å². The quantitative estimate of drug-likeness (QED) is 0.625. The number of hydrogen-bond acceptors (Lipinski definition) is 1. The molecule has 2 nitrogen and oxygen atoms in total. The Balaban J connectivity index is 2.33. The Morgan fingerprint density at radius 1 is 1.00 bits per heavy atom. The van der Waals surface area contributed by atoms with E-state index in [0.717, 1.165) is 5.65 Å². The summed E-state index contributed by atoms with van der Waals surface area (Å²) in [6, 6.07) is 10.6. The van der Waals surface area contributed by atoms with Gasteiger partial charge in [-0.3, -0.25) is 0 Å². The summed E-state index contributed by atoms with van der Waals surface area (Å²) in [5.74, 6) is 0. The number of pyridine rings is 1. The van der Waals surface area contributed by atoms with Crippen molar-refractivity contribution >= 4 is 11.0 Å². The van der Waals surface area contributed by atoms with E-state index in [4.69, 9.17) is 0 Å². The molecule has 0 saturated carbocycles. The van der Waals surface area contributed by atoms with Crippen LogP contribution < -0.4 is 0 Å². The van der Waals surface area contributed by atoms with Crippen LogP contribution in [0, 0.1) is 20.8 Å². The van der Waals surface area contributed by atoms with Crippen LogP contribution in [-0.2, 0) is 0 Å². The molecule has 0 unspecified atom stereocenters. The molecule has 2 heteroatoms. The van der Waals surface area contributed by atoms with Crippen molar-refractivity contribution in [2.45, 2.75) is 20.8 Å². The molecule has 1 aromatic carbocycles. The number of rotatable bonds is 1. The van der Waals surface area contributed by atoms with E-state index >= 15 is 0 Å². The minimum atomic E-state index is 1.02. The fourth-order valence-corrected chi connectivity index (χ4v) is 2.70. The van der Waals surface area contributed by atoms with Gasteiger partial charge in [0.2, 0.25) is 0 Å². The number of hydrogen-bond donors (Lipinski definition) is 0. The lowest BCUT2D eigenvalue weighted by Gasteiger charge is -2.13. The molecule has 18 heavy (non-hydrogen) atoms. The van der Waals surface area contributed by atoms with Gasteiger partial charge in [0, 0.05) is 17.8 Å². The molecular formula is C16H16N2. The summed E-state index contributed by atoms with van der Waals surface area (Å²) in [6.07, 6.45) is 3.94. The molecule has 0 aliphatic carbocycles. The maximum atomic E-state index is 4.49. The molecule has 0 spiro atoms. The molecule has 0 aliphatic heterocycles. The van der Waals surface area contributed by atoms with Gasteiger partial charge in [-0.2, -0.15) is 0 Å². The second kappa shape index (κ2) is 3.98. The van der Waals surface area contributed by atoms with E-state index in [0.29, 0.717) is 0 Å². The number of aryl methyl sites for hydroxylation is 3. The van der Waals surface area contributed by atoms with E-state index in [1.54, 1.807) is 0 Å². The molecule has 0 N–H and O–H groups in total. The highest BCUT2D eigenvalue weighted by atomic mass is 15.0. The largest absolute Gasteiger partial charge is 0.301 e. The second-order valence-electron chi connectivity index (χ2n) is 4.85. The Morgan fingerprint density at radius 2 is 1.72 bits per heavy atom. The first kappa shape index (κ1) is 11.0. The number of benzene rings is 1. The molecule has 0 bridgehead atoms. The average molecular weight is 236 g/mol. The monoisotopic (exact) mass is 236 g/mol. The predicted molar refractivity (Wildman–Crippen MR) is 75.3 cm³/mol. The van der Waals surface area contributed by atoms with E-state index in [1.807, 2.05) is 12.3 Å². The van der Waals surface area contributed by atoms with E-state index in [-0.39, 0.29) is 0 Å². The van der Waals surface area contributed by atoms with Crippen LogP contribution >= 0.6 is 0 Å². The summed E-state index contributed by atoms with van der Waals surface area (Å²) in [4.78, 5) is 4.49. The topological polar surface area (TPSA) is 17.8 Å². The summed E-state index contributed by atoms with van der Waals surface area (Å²) < 4.78 is 2.18. The first-order valence-electron chi connectivity index (χ1n) is 6.17. The number of aromatic nitrogens is 2. The average Bonchev–Trinajstić information content (AvgIpc) is 2.72. The van der Waals surface area contributed by atoms with Crippen LogP contribution in [0.15, 0.2) is 42.7 Å². The van der Waals surface area contributed by atoms with Gasteiger partial charge in [0.1, 0.15) is 5.65 Å². The van der Waals surface area contributed by atoms with Gasteiger partial charge in [-0.25, -0.2) is 4.98 Å². The Bertz CT molecular complexity index is 700. The number of fused-ring (bicyclic) bond motifs is 1. The minimum absolute atomic E-state index is 1.02. The Morgan fingerprint density at radius 3 is 2.44 bits per heavy atom. The maximum Gasteiger partial charge on any atom is 0.144 e. The summed E-state index contributed by atoms with van der Waals surface area (Å²) in [5, 5.41) is 1.18. The molecule has 0 radical (unpaired) electrons. The van der Waals surface area contributed by atoms with Gasteiger partial charge >= 0.3 is 0 Å². The third-order valence-corrected chi connectivity index (χ3v) is 3.32. The van der Waals surface area contributed by atoms with E-state index in [1.165, 1.54) is 27.8 Å². The summed E-state index contributed by atoms with van der Waals surface area (Å²) in [7, 11) is 0. The second-order valence-corrected chi connectivity index (χ2v) is 4.85. The lowest BCUT2D eigenvalue weighted by molar-refractivity contribution is 1.05. The molecule has 0 atom stereocenters. The van der Waals surface area contributed by atoms with Crippen LogP contribution in [0.1, 0.15) is 16.7 Å². The molecule has 0 saturated heterocycles. The first-order valence-corrected chi connectivity index (χ1v) is 6.17. The molecule has 3 rings (SSSR count). The van der Waals surface area contributed by atoms with Crippen LogP contribution in [0.5, 0.6) is 0 Å². The zero-order valence-corrected chi connectivity index (χ0v) is 10.9. The Kier molecular flexibility index (Phi) is 2.44. The van der Waals surface area contributed by atoms with Gasteiger partial charge in [0.05, 0.1) is 5.69 Å². The van der Waals surface area contributed by atoms with Crippen LogP contribution in [0.25, 0.3) is 16.7 Å². The molecule has 3 aromatic rings. The van der Waals surface area contributed by atoms with Crippen molar-refractivity contribution in [3.63, 3.8) is 0 Å². The summed E-state index contributed by atoms with van der Waals surface area (Å²) >= 11 is 0. The van der Waals surface area contributed by atoms with Gasteiger partial charge < -0.3 is 4.57 Å². The van der Waals surface area contributed by atoms with Crippen LogP contribution in [0.3, 0.4) is 0 Å². The van der Waals surface area contributed by atoms with Crippen molar-refractivity contribution in [3.05, 3.63) is 59.4 Å². The van der Waals surface area contributed by atoms with E-state index in [9.17, 15) is 0 Å². The number of nitrogens with zero attached hydrogens (tertiary/aromatic N) is 2. The van der Waals surface area contributed by atoms with Gasteiger partial charge in [0.25, 0.3) is 0 Å². The van der Waals surface area contributed by atoms with Crippen LogP contribution in [-0.4, -0.2) is 9.55 Å². The van der Waals surface area contributed by atoms with Crippen molar-refractivity contribution in [2.75, 3.05) is 0 Å². The van der Waals surface area contributed by atoms with Gasteiger partial charge in [-0.05, 0) is 50.1 Å². The molecule has 0 amide bonds. The zero-order chi connectivity index (χ0) is 12.7. The first-order chi connectivity index (χ1) is 8.66. The highest BCUT2D eigenvalue weighted by molar-refractivity contribution is 5.78. The van der Waals surface area contributed by atoms with E-state index < -0.39 is 0 Å². The van der Waals surface area contributed by atoms with Gasteiger partial charge in [-0.15, -0.1) is 0 Å². The standard InChI is InChI=1S/C16H16N2/c1-11-9-12(2)15(13(3)10-11)18-8-6-14-5-4-7-17-16(14)18/h4-10H,1-3H3. The predicted octanol–water partition coefficient (Wildman–Crippen LogP) is 3.95. The van der Waals surface area contributed by atoms with Crippen molar-refractivity contribution < 1.29 is 0 Å².